The number of carbonyl (C=O) groups excluding carboxylic acids is 1. The summed E-state index contributed by atoms with van der Waals surface area (Å²) in [6.45, 7) is 1.49. The molecule has 0 saturated carbocycles. The van der Waals surface area contributed by atoms with Crippen LogP contribution in [0.3, 0.4) is 0 Å². The summed E-state index contributed by atoms with van der Waals surface area (Å²) in [4.78, 5) is 16.9. The van der Waals surface area contributed by atoms with Crippen LogP contribution in [-0.4, -0.2) is 30.5 Å². The van der Waals surface area contributed by atoms with Crippen LogP contribution in [0.15, 0.2) is 12.3 Å². The van der Waals surface area contributed by atoms with Gasteiger partial charge in [-0.3, -0.25) is 4.79 Å². The molecular formula is C10H11N5O. The molecule has 0 atom stereocenters. The van der Waals surface area contributed by atoms with Gasteiger partial charge in [0.1, 0.15) is 17.5 Å². The third-order valence-corrected chi connectivity index (χ3v) is 2.45. The van der Waals surface area contributed by atoms with Crippen molar-refractivity contribution in [3.05, 3.63) is 17.8 Å². The van der Waals surface area contributed by atoms with Crippen molar-refractivity contribution in [1.82, 2.24) is 10.3 Å². The van der Waals surface area contributed by atoms with Gasteiger partial charge >= 0.3 is 0 Å². The average molecular weight is 217 g/mol. The third kappa shape index (κ3) is 1.75. The Balaban J connectivity index is 2.36. The Morgan fingerprint density at radius 1 is 1.62 bits per heavy atom. The first kappa shape index (κ1) is 10.2. The number of hydrogen-bond donors (Lipinski definition) is 2. The zero-order valence-corrected chi connectivity index (χ0v) is 8.60. The Labute approximate surface area is 92.7 Å². The molecular weight excluding hydrogens is 206 g/mol. The number of piperazine rings is 1. The van der Waals surface area contributed by atoms with E-state index in [1.54, 1.807) is 6.07 Å². The molecule has 1 fully saturated rings. The molecule has 1 aliphatic rings. The van der Waals surface area contributed by atoms with Crippen LogP contribution < -0.4 is 16.0 Å². The van der Waals surface area contributed by atoms with Crippen LogP contribution in [0.5, 0.6) is 0 Å². The number of nitriles is 1. The highest BCUT2D eigenvalue weighted by atomic mass is 16.2. The molecule has 1 aliphatic heterocycles. The number of carbonyl (C=O) groups is 1. The summed E-state index contributed by atoms with van der Waals surface area (Å²) in [5, 5.41) is 11.7. The molecule has 82 valence electrons. The smallest absolute Gasteiger partial charge is 0.239 e. The summed E-state index contributed by atoms with van der Waals surface area (Å²) in [5.41, 5.74) is 6.61. The quantitative estimate of drug-likeness (QED) is 0.659. The monoisotopic (exact) mass is 217 g/mol. The van der Waals surface area contributed by atoms with Crippen LogP contribution in [0.2, 0.25) is 0 Å². The van der Waals surface area contributed by atoms with Gasteiger partial charge in [0.2, 0.25) is 5.91 Å². The van der Waals surface area contributed by atoms with E-state index in [-0.39, 0.29) is 18.3 Å². The lowest BCUT2D eigenvalue weighted by Crippen LogP contribution is -2.48. The molecule has 6 nitrogen and oxygen atoms in total. The van der Waals surface area contributed by atoms with Gasteiger partial charge < -0.3 is 16.0 Å². The van der Waals surface area contributed by atoms with Crippen molar-refractivity contribution in [2.45, 2.75) is 0 Å². The molecule has 1 aromatic heterocycles. The summed E-state index contributed by atoms with van der Waals surface area (Å²) >= 11 is 0. The maximum Gasteiger partial charge on any atom is 0.239 e. The fraction of sp³-hybridized carbons (Fsp3) is 0.300. The highest BCUT2D eigenvalue weighted by Gasteiger charge is 2.20. The van der Waals surface area contributed by atoms with E-state index in [1.807, 2.05) is 11.0 Å². The third-order valence-electron chi connectivity index (χ3n) is 2.45. The molecule has 3 N–H and O–H groups in total. The van der Waals surface area contributed by atoms with Crippen molar-refractivity contribution in [3.63, 3.8) is 0 Å². The number of nitrogens with two attached hydrogens (primary N) is 1. The van der Waals surface area contributed by atoms with Gasteiger partial charge in [-0.2, -0.15) is 5.26 Å². The normalized spacial score (nSPS) is 15.4. The number of aromatic nitrogens is 1. The topological polar surface area (TPSA) is 95.0 Å². The molecule has 16 heavy (non-hydrogen) atoms. The molecule has 0 radical (unpaired) electrons. The number of amides is 1. The molecule has 0 aliphatic carbocycles. The summed E-state index contributed by atoms with van der Waals surface area (Å²) in [6.07, 6.45) is 1.54. The Hall–Kier alpha value is -2.29. The minimum absolute atomic E-state index is 0.0504. The van der Waals surface area contributed by atoms with Gasteiger partial charge in [-0.15, -0.1) is 0 Å². The number of nitrogens with one attached hydrogen (secondary N) is 1. The van der Waals surface area contributed by atoms with Crippen LogP contribution in [0.25, 0.3) is 0 Å². The van der Waals surface area contributed by atoms with Gasteiger partial charge in [-0.05, 0) is 6.07 Å². The summed E-state index contributed by atoms with van der Waals surface area (Å²) < 4.78 is 0. The number of hydrogen-bond acceptors (Lipinski definition) is 5. The molecule has 1 amide bonds. The van der Waals surface area contributed by atoms with Crippen molar-refractivity contribution in [2.24, 2.45) is 0 Å². The number of pyridine rings is 1. The maximum absolute atomic E-state index is 11.2. The molecule has 1 saturated heterocycles. The van der Waals surface area contributed by atoms with Crippen molar-refractivity contribution in [3.8, 4) is 6.07 Å². The number of nitrogen functional groups attached to an aromatic ring is 1. The second kappa shape index (κ2) is 4.06. The molecule has 2 rings (SSSR count). The highest BCUT2D eigenvalue weighted by molar-refractivity contribution is 5.83. The second-order valence-corrected chi connectivity index (χ2v) is 3.47. The van der Waals surface area contributed by atoms with E-state index in [1.165, 1.54) is 6.20 Å². The van der Waals surface area contributed by atoms with Crippen molar-refractivity contribution < 1.29 is 4.79 Å². The molecule has 0 spiro atoms. The fourth-order valence-electron chi connectivity index (χ4n) is 1.69. The van der Waals surface area contributed by atoms with Crippen molar-refractivity contribution >= 4 is 17.4 Å². The van der Waals surface area contributed by atoms with E-state index >= 15 is 0 Å². The van der Waals surface area contributed by atoms with Gasteiger partial charge in [0.15, 0.2) is 0 Å². The van der Waals surface area contributed by atoms with Gasteiger partial charge in [0, 0.05) is 19.3 Å². The number of rotatable bonds is 1. The van der Waals surface area contributed by atoms with Crippen LogP contribution in [0.1, 0.15) is 5.56 Å². The highest BCUT2D eigenvalue weighted by Crippen LogP contribution is 2.23. The molecule has 1 aromatic rings. The Kier molecular flexibility index (Phi) is 2.60. The number of nitrogens with zero attached hydrogens (tertiary/aromatic N) is 3. The Morgan fingerprint density at radius 3 is 3.12 bits per heavy atom. The summed E-state index contributed by atoms with van der Waals surface area (Å²) in [6, 6.07) is 3.72. The zero-order valence-electron chi connectivity index (χ0n) is 8.60. The predicted octanol–water partition coefficient (Wildman–Crippen LogP) is -0.528. The second-order valence-electron chi connectivity index (χ2n) is 3.47. The SMILES string of the molecule is N#Cc1c(N2CCNC(=O)C2)ccnc1N. The lowest BCUT2D eigenvalue weighted by molar-refractivity contribution is -0.120. The van der Waals surface area contributed by atoms with Crippen LogP contribution in [0, 0.1) is 11.3 Å². The Bertz CT molecular complexity index is 465. The van der Waals surface area contributed by atoms with E-state index in [0.717, 1.165) is 0 Å². The maximum atomic E-state index is 11.2. The lowest BCUT2D eigenvalue weighted by Gasteiger charge is -2.29. The van der Waals surface area contributed by atoms with Gasteiger partial charge in [0.05, 0.1) is 12.2 Å². The standard InChI is InChI=1S/C10H11N5O/c11-5-7-8(1-2-14-10(7)12)15-4-3-13-9(16)6-15/h1-2H,3-4,6H2,(H2,12,14)(H,13,16). The molecule has 2 heterocycles. The largest absolute Gasteiger partial charge is 0.383 e. The predicted molar refractivity (Wildman–Crippen MR) is 58.6 cm³/mol. The summed E-state index contributed by atoms with van der Waals surface area (Å²) in [5.74, 6) is 0.150. The first-order valence-electron chi connectivity index (χ1n) is 4.88. The van der Waals surface area contributed by atoms with Crippen LogP contribution >= 0.6 is 0 Å². The van der Waals surface area contributed by atoms with E-state index in [9.17, 15) is 4.79 Å². The van der Waals surface area contributed by atoms with Crippen LogP contribution in [-0.2, 0) is 4.79 Å². The average Bonchev–Trinajstić information content (AvgIpc) is 2.28. The van der Waals surface area contributed by atoms with E-state index in [2.05, 4.69) is 10.3 Å². The molecule has 6 heteroatoms. The minimum Gasteiger partial charge on any atom is -0.383 e. The van der Waals surface area contributed by atoms with Crippen LogP contribution in [0.4, 0.5) is 11.5 Å². The van der Waals surface area contributed by atoms with Crippen molar-refractivity contribution in [1.29, 1.82) is 5.26 Å². The Morgan fingerprint density at radius 2 is 2.44 bits per heavy atom. The number of anilines is 2. The summed E-state index contributed by atoms with van der Waals surface area (Å²) in [7, 11) is 0. The van der Waals surface area contributed by atoms with E-state index in [0.29, 0.717) is 24.3 Å². The van der Waals surface area contributed by atoms with Gasteiger partial charge in [0.25, 0.3) is 0 Å². The zero-order chi connectivity index (χ0) is 11.5. The van der Waals surface area contributed by atoms with Crippen molar-refractivity contribution in [2.75, 3.05) is 30.3 Å². The minimum atomic E-state index is -0.0504. The fourth-order valence-corrected chi connectivity index (χ4v) is 1.69. The molecule has 0 aromatic carbocycles. The first-order valence-corrected chi connectivity index (χ1v) is 4.88. The molecule has 0 unspecified atom stereocenters. The van der Waals surface area contributed by atoms with Gasteiger partial charge in [-0.25, -0.2) is 4.98 Å². The first-order chi connectivity index (χ1) is 7.72. The van der Waals surface area contributed by atoms with E-state index < -0.39 is 0 Å². The van der Waals surface area contributed by atoms with Gasteiger partial charge in [-0.1, -0.05) is 0 Å². The lowest BCUT2D eigenvalue weighted by atomic mass is 10.2. The van der Waals surface area contributed by atoms with E-state index in [4.69, 9.17) is 11.0 Å². The molecule has 0 bridgehead atoms.